The molecule has 0 saturated carbocycles. The first kappa shape index (κ1) is 20.2. The fourth-order valence-electron chi connectivity index (χ4n) is 3.36. The first-order valence-electron chi connectivity index (χ1n) is 8.73. The van der Waals surface area contributed by atoms with Crippen molar-refractivity contribution in [2.75, 3.05) is 12.3 Å². The highest BCUT2D eigenvalue weighted by molar-refractivity contribution is 7.99. The van der Waals surface area contributed by atoms with E-state index in [0.717, 1.165) is 4.90 Å². The third-order valence-corrected chi connectivity index (χ3v) is 6.93. The molecular weight excluding hydrogens is 457 g/mol. The number of ether oxygens (including phenoxy) is 1. The van der Waals surface area contributed by atoms with E-state index in [1.54, 1.807) is 16.7 Å². The molecule has 11 nitrogen and oxygen atoms in total. The van der Waals surface area contributed by atoms with E-state index in [1.807, 2.05) is 12.1 Å². The van der Waals surface area contributed by atoms with Gasteiger partial charge in [0.15, 0.2) is 28.4 Å². The standard InChI is InChI=1S/C16H15ClN5O6PS/c17-7-1-3-8(4-2-7)30-16-21-10-13(18)19-6-20-14(10)22(16)15-11(23)12-9(27-15)5-26-29(24,25)28-12/h1-4,6,9,11-12,15,23H,5H2,(H,24,25)(H2,18,19,20)/t9?,11?,12-,15-/m0/s1. The molecule has 2 aliphatic heterocycles. The van der Waals surface area contributed by atoms with Gasteiger partial charge >= 0.3 is 7.82 Å². The molecule has 5 rings (SSSR count). The quantitative estimate of drug-likeness (QED) is 0.480. The minimum absolute atomic E-state index is 0.168. The second-order valence-electron chi connectivity index (χ2n) is 6.64. The van der Waals surface area contributed by atoms with E-state index in [-0.39, 0.29) is 12.4 Å². The Morgan fingerprint density at radius 3 is 2.83 bits per heavy atom. The fraction of sp³-hybridized carbons (Fsp3) is 0.312. The smallest absolute Gasteiger partial charge is 0.386 e. The third-order valence-electron chi connectivity index (χ3n) is 4.72. The van der Waals surface area contributed by atoms with Crippen LogP contribution in [0.3, 0.4) is 0 Å². The van der Waals surface area contributed by atoms with Crippen molar-refractivity contribution in [3.63, 3.8) is 0 Å². The summed E-state index contributed by atoms with van der Waals surface area (Å²) >= 11 is 7.24. The van der Waals surface area contributed by atoms with Crippen molar-refractivity contribution in [2.45, 2.75) is 34.6 Å². The summed E-state index contributed by atoms with van der Waals surface area (Å²) in [7, 11) is -4.25. The first-order chi connectivity index (χ1) is 14.3. The summed E-state index contributed by atoms with van der Waals surface area (Å²) in [4.78, 5) is 23.2. The van der Waals surface area contributed by atoms with Crippen LogP contribution in [-0.2, 0) is 18.3 Å². The second-order valence-corrected chi connectivity index (χ2v) is 9.52. The molecule has 0 spiro atoms. The van der Waals surface area contributed by atoms with Crippen molar-refractivity contribution in [2.24, 2.45) is 0 Å². The number of hydrogen-bond donors (Lipinski definition) is 3. The number of aromatic nitrogens is 4. The first-order valence-corrected chi connectivity index (χ1v) is 11.4. The van der Waals surface area contributed by atoms with Crippen LogP contribution in [0.5, 0.6) is 0 Å². The van der Waals surface area contributed by atoms with E-state index in [4.69, 9.17) is 31.1 Å². The second kappa shape index (κ2) is 7.43. The molecule has 30 heavy (non-hydrogen) atoms. The Morgan fingerprint density at radius 1 is 1.30 bits per heavy atom. The molecule has 2 aliphatic rings. The number of rotatable bonds is 3. The van der Waals surface area contributed by atoms with Crippen molar-refractivity contribution < 1.29 is 28.3 Å². The molecule has 3 aromatic rings. The Hall–Kier alpha value is -1.76. The van der Waals surface area contributed by atoms with Gasteiger partial charge in [0.05, 0.1) is 6.61 Å². The summed E-state index contributed by atoms with van der Waals surface area (Å²) in [6.07, 6.45) is -2.80. The minimum atomic E-state index is -4.25. The molecule has 3 unspecified atom stereocenters. The number of halogens is 1. The Balaban J connectivity index is 1.58. The summed E-state index contributed by atoms with van der Waals surface area (Å²) in [5.41, 5.74) is 6.65. The Labute approximate surface area is 178 Å². The number of benzene rings is 1. The number of phosphoric ester groups is 1. The Bertz CT molecular complexity index is 1160. The van der Waals surface area contributed by atoms with Gasteiger partial charge in [-0.2, -0.15) is 0 Å². The molecule has 2 fully saturated rings. The molecule has 0 amide bonds. The Kier molecular flexibility index (Phi) is 4.99. The van der Waals surface area contributed by atoms with Gasteiger partial charge in [0.1, 0.15) is 24.6 Å². The molecule has 1 aromatic carbocycles. The van der Waals surface area contributed by atoms with E-state index in [0.29, 0.717) is 21.3 Å². The van der Waals surface area contributed by atoms with Gasteiger partial charge in [0, 0.05) is 9.92 Å². The number of aliphatic hydroxyl groups is 1. The van der Waals surface area contributed by atoms with Crippen molar-refractivity contribution in [3.05, 3.63) is 35.6 Å². The average molecular weight is 472 g/mol. The highest BCUT2D eigenvalue weighted by Crippen LogP contribution is 2.53. The number of nitrogen functional groups attached to an aromatic ring is 1. The van der Waals surface area contributed by atoms with Crippen LogP contribution in [0.25, 0.3) is 11.2 Å². The molecule has 158 valence electrons. The lowest BCUT2D eigenvalue weighted by Gasteiger charge is -2.27. The summed E-state index contributed by atoms with van der Waals surface area (Å²) in [6.45, 7) is -0.199. The van der Waals surface area contributed by atoms with Gasteiger partial charge in [-0.3, -0.25) is 13.6 Å². The van der Waals surface area contributed by atoms with Crippen LogP contribution < -0.4 is 5.73 Å². The fourth-order valence-corrected chi connectivity index (χ4v) is 5.36. The maximum atomic E-state index is 11.8. The van der Waals surface area contributed by atoms with Gasteiger partial charge in [-0.05, 0) is 24.3 Å². The molecule has 0 radical (unpaired) electrons. The molecule has 5 atom stereocenters. The number of anilines is 1. The van der Waals surface area contributed by atoms with Crippen LogP contribution in [0, 0.1) is 0 Å². The van der Waals surface area contributed by atoms with Gasteiger partial charge in [-0.15, -0.1) is 0 Å². The van der Waals surface area contributed by atoms with Crippen LogP contribution in [-0.4, -0.2) is 54.4 Å². The SMILES string of the molecule is Nc1ncnc2c1nc(Sc1ccc(Cl)cc1)n2[C@H]1OC2COP(=O)(O)O[C@@H]2C1O. The van der Waals surface area contributed by atoms with Gasteiger partial charge in [-0.1, -0.05) is 23.4 Å². The normalized spacial score (nSPS) is 31.2. The predicted octanol–water partition coefficient (Wildman–Crippen LogP) is 1.99. The topological polar surface area (TPSA) is 155 Å². The monoisotopic (exact) mass is 471 g/mol. The predicted molar refractivity (Wildman–Crippen MR) is 106 cm³/mol. The lowest BCUT2D eigenvalue weighted by atomic mass is 10.1. The van der Waals surface area contributed by atoms with Gasteiger partial charge in [0.2, 0.25) is 0 Å². The number of fused-ring (bicyclic) bond motifs is 2. The molecule has 4 N–H and O–H groups in total. The zero-order valence-electron chi connectivity index (χ0n) is 15.0. The zero-order valence-corrected chi connectivity index (χ0v) is 17.5. The molecule has 0 bridgehead atoms. The lowest BCUT2D eigenvalue weighted by molar-refractivity contribution is -0.0684. The van der Waals surface area contributed by atoms with Gasteiger partial charge < -0.3 is 20.5 Å². The maximum Gasteiger partial charge on any atom is 0.472 e. The summed E-state index contributed by atoms with van der Waals surface area (Å²) in [5, 5.41) is 11.9. The van der Waals surface area contributed by atoms with E-state index >= 15 is 0 Å². The number of hydrogen-bond acceptors (Lipinski definition) is 10. The number of imidazole rings is 1. The van der Waals surface area contributed by atoms with Crippen molar-refractivity contribution in [3.8, 4) is 0 Å². The van der Waals surface area contributed by atoms with Crippen molar-refractivity contribution in [1.29, 1.82) is 0 Å². The molecule has 4 heterocycles. The molecule has 14 heteroatoms. The largest absolute Gasteiger partial charge is 0.472 e. The van der Waals surface area contributed by atoms with E-state index in [2.05, 4.69) is 15.0 Å². The zero-order chi connectivity index (χ0) is 21.0. The van der Waals surface area contributed by atoms with Crippen molar-refractivity contribution >= 4 is 48.2 Å². The van der Waals surface area contributed by atoms with E-state index in [1.165, 1.54) is 18.1 Å². The number of phosphoric acid groups is 1. The van der Waals surface area contributed by atoms with Crippen molar-refractivity contribution in [1.82, 2.24) is 19.5 Å². The molecule has 2 saturated heterocycles. The van der Waals surface area contributed by atoms with Crippen LogP contribution in [0.15, 0.2) is 40.6 Å². The van der Waals surface area contributed by atoms with Crippen LogP contribution in [0.4, 0.5) is 5.82 Å². The highest BCUT2D eigenvalue weighted by atomic mass is 35.5. The third kappa shape index (κ3) is 3.49. The summed E-state index contributed by atoms with van der Waals surface area (Å²) < 4.78 is 29.1. The highest BCUT2D eigenvalue weighted by Gasteiger charge is 2.53. The van der Waals surface area contributed by atoms with Crippen LogP contribution in [0.2, 0.25) is 5.02 Å². The molecule has 2 aromatic heterocycles. The average Bonchev–Trinajstić information content (AvgIpc) is 3.21. The van der Waals surface area contributed by atoms with Crippen LogP contribution in [0.1, 0.15) is 6.23 Å². The minimum Gasteiger partial charge on any atom is -0.386 e. The lowest BCUT2D eigenvalue weighted by Crippen LogP contribution is -2.39. The van der Waals surface area contributed by atoms with E-state index < -0.39 is 32.4 Å². The number of aliphatic hydroxyl groups excluding tert-OH is 1. The molecule has 0 aliphatic carbocycles. The number of nitrogens with zero attached hydrogens (tertiary/aromatic N) is 4. The number of nitrogens with two attached hydrogens (primary N) is 1. The van der Waals surface area contributed by atoms with Crippen LogP contribution >= 0.6 is 31.2 Å². The summed E-state index contributed by atoms with van der Waals surface area (Å²) in [6, 6.07) is 7.11. The van der Waals surface area contributed by atoms with Gasteiger partial charge in [-0.25, -0.2) is 19.5 Å². The van der Waals surface area contributed by atoms with Gasteiger partial charge in [0.25, 0.3) is 0 Å². The molecular formula is C16H15ClN5O6PS. The Morgan fingerprint density at radius 2 is 2.07 bits per heavy atom. The summed E-state index contributed by atoms with van der Waals surface area (Å²) in [5.74, 6) is 0.168. The maximum absolute atomic E-state index is 11.8. The van der Waals surface area contributed by atoms with E-state index in [9.17, 15) is 14.6 Å².